The van der Waals surface area contributed by atoms with Crippen molar-refractivity contribution in [2.45, 2.75) is 33.1 Å². The summed E-state index contributed by atoms with van der Waals surface area (Å²) in [5.41, 5.74) is 1.83. The van der Waals surface area contributed by atoms with Gasteiger partial charge in [0.1, 0.15) is 5.75 Å². The molecule has 0 amide bonds. The molecule has 94 valence electrons. The number of hydrogen-bond acceptors (Lipinski definition) is 1. The molecule has 1 aliphatic carbocycles. The molecule has 0 saturated heterocycles. The summed E-state index contributed by atoms with van der Waals surface area (Å²) in [5.74, 6) is 1.41. The minimum absolute atomic E-state index is 0.0888. The first-order valence-corrected chi connectivity index (χ1v) is 6.54. The highest BCUT2D eigenvalue weighted by atomic mass is 35.5. The standard InChI is InChI=1S/C15H21ClO/c1-14(2)13(15(14,3)4)12(16)10-6-8-11(17-5)9-7-10/h6-9,12-13H,1-5H3. The van der Waals surface area contributed by atoms with Crippen molar-refractivity contribution < 1.29 is 4.74 Å². The molecule has 1 aliphatic rings. The SMILES string of the molecule is COc1ccc(C(Cl)C2C(C)(C)C2(C)C)cc1. The first kappa shape index (κ1) is 12.8. The third-order valence-electron chi connectivity index (χ3n) is 4.86. The molecule has 1 saturated carbocycles. The zero-order valence-electron chi connectivity index (χ0n) is 11.3. The molecule has 1 fully saturated rings. The molecule has 1 unspecified atom stereocenters. The minimum Gasteiger partial charge on any atom is -0.497 e. The van der Waals surface area contributed by atoms with E-state index in [9.17, 15) is 0 Å². The molecule has 0 spiro atoms. The summed E-state index contributed by atoms with van der Waals surface area (Å²) in [6, 6.07) is 8.10. The van der Waals surface area contributed by atoms with Crippen LogP contribution >= 0.6 is 11.6 Å². The molecular formula is C15H21ClO. The van der Waals surface area contributed by atoms with Gasteiger partial charge in [0.15, 0.2) is 0 Å². The Morgan fingerprint density at radius 1 is 1.06 bits per heavy atom. The Morgan fingerprint density at radius 3 is 1.88 bits per heavy atom. The topological polar surface area (TPSA) is 9.23 Å². The second-order valence-corrected chi connectivity index (χ2v) is 6.57. The van der Waals surface area contributed by atoms with E-state index < -0.39 is 0 Å². The Morgan fingerprint density at radius 2 is 1.53 bits per heavy atom. The van der Waals surface area contributed by atoms with Gasteiger partial charge in [-0.25, -0.2) is 0 Å². The van der Waals surface area contributed by atoms with Gasteiger partial charge in [0.05, 0.1) is 12.5 Å². The lowest BCUT2D eigenvalue weighted by Gasteiger charge is -2.12. The predicted molar refractivity (Wildman–Crippen MR) is 72.6 cm³/mol. The number of rotatable bonds is 3. The summed E-state index contributed by atoms with van der Waals surface area (Å²) in [7, 11) is 1.68. The van der Waals surface area contributed by atoms with Gasteiger partial charge in [0, 0.05) is 0 Å². The van der Waals surface area contributed by atoms with Crippen molar-refractivity contribution in [2.75, 3.05) is 7.11 Å². The second-order valence-electron chi connectivity index (χ2n) is 6.10. The molecular weight excluding hydrogens is 232 g/mol. The van der Waals surface area contributed by atoms with Gasteiger partial charge in [-0.3, -0.25) is 0 Å². The number of alkyl halides is 1. The van der Waals surface area contributed by atoms with Crippen LogP contribution in [0.3, 0.4) is 0 Å². The maximum absolute atomic E-state index is 6.63. The average Bonchev–Trinajstić information content (AvgIpc) is 2.69. The summed E-state index contributed by atoms with van der Waals surface area (Å²) in [5, 5.41) is 0.0888. The van der Waals surface area contributed by atoms with Gasteiger partial charge in [-0.2, -0.15) is 0 Å². The monoisotopic (exact) mass is 252 g/mol. The van der Waals surface area contributed by atoms with Crippen LogP contribution in [0, 0.1) is 16.7 Å². The van der Waals surface area contributed by atoms with Crippen molar-refractivity contribution in [2.24, 2.45) is 16.7 Å². The molecule has 0 radical (unpaired) electrons. The lowest BCUT2D eigenvalue weighted by atomic mass is 10.0. The highest BCUT2D eigenvalue weighted by molar-refractivity contribution is 6.21. The van der Waals surface area contributed by atoms with Gasteiger partial charge in [-0.1, -0.05) is 39.8 Å². The summed E-state index contributed by atoms with van der Waals surface area (Å²) >= 11 is 6.63. The van der Waals surface area contributed by atoms with Crippen LogP contribution in [-0.4, -0.2) is 7.11 Å². The molecule has 0 aromatic heterocycles. The van der Waals surface area contributed by atoms with E-state index in [0.29, 0.717) is 16.7 Å². The van der Waals surface area contributed by atoms with E-state index >= 15 is 0 Å². The van der Waals surface area contributed by atoms with E-state index in [0.717, 1.165) is 5.75 Å². The van der Waals surface area contributed by atoms with E-state index in [1.807, 2.05) is 12.1 Å². The van der Waals surface area contributed by atoms with Crippen LogP contribution in [0.2, 0.25) is 0 Å². The maximum Gasteiger partial charge on any atom is 0.118 e. The Labute approximate surface area is 109 Å². The molecule has 0 aliphatic heterocycles. The molecule has 2 rings (SSSR count). The van der Waals surface area contributed by atoms with E-state index in [4.69, 9.17) is 16.3 Å². The number of methoxy groups -OCH3 is 1. The van der Waals surface area contributed by atoms with Crippen molar-refractivity contribution >= 4 is 11.6 Å². The highest BCUT2D eigenvalue weighted by Crippen LogP contribution is 2.73. The van der Waals surface area contributed by atoms with E-state index in [-0.39, 0.29) is 5.38 Å². The smallest absolute Gasteiger partial charge is 0.118 e. The molecule has 0 bridgehead atoms. The zero-order valence-corrected chi connectivity index (χ0v) is 12.0. The normalized spacial score (nSPS) is 23.2. The Balaban J connectivity index is 2.19. The van der Waals surface area contributed by atoms with E-state index in [2.05, 4.69) is 39.8 Å². The summed E-state index contributed by atoms with van der Waals surface area (Å²) < 4.78 is 5.16. The Kier molecular flexibility index (Phi) is 2.94. The van der Waals surface area contributed by atoms with Gasteiger partial charge in [-0.15, -0.1) is 11.6 Å². The largest absolute Gasteiger partial charge is 0.497 e. The molecule has 17 heavy (non-hydrogen) atoms. The molecule has 1 atom stereocenters. The third-order valence-corrected chi connectivity index (χ3v) is 5.36. The molecule has 1 nitrogen and oxygen atoms in total. The van der Waals surface area contributed by atoms with Gasteiger partial charge in [0.2, 0.25) is 0 Å². The molecule has 1 aromatic rings. The Bertz CT molecular complexity index is 391. The number of benzene rings is 1. The number of ether oxygens (including phenoxy) is 1. The quantitative estimate of drug-likeness (QED) is 0.711. The van der Waals surface area contributed by atoms with Gasteiger partial charge in [-0.05, 0) is 34.4 Å². The summed E-state index contributed by atoms with van der Waals surface area (Å²) in [6.45, 7) is 9.21. The van der Waals surface area contributed by atoms with Crippen LogP contribution in [0.4, 0.5) is 0 Å². The minimum atomic E-state index is 0.0888. The van der Waals surface area contributed by atoms with Crippen molar-refractivity contribution in [3.63, 3.8) is 0 Å². The third kappa shape index (κ3) is 1.85. The first-order valence-electron chi connectivity index (χ1n) is 6.10. The lowest BCUT2D eigenvalue weighted by Crippen LogP contribution is -1.99. The fourth-order valence-corrected chi connectivity index (χ4v) is 3.73. The Hall–Kier alpha value is -0.690. The molecule has 0 heterocycles. The fourth-order valence-electron chi connectivity index (χ4n) is 2.96. The molecule has 1 aromatic carbocycles. The van der Waals surface area contributed by atoms with Crippen LogP contribution in [0.25, 0.3) is 0 Å². The van der Waals surface area contributed by atoms with Crippen molar-refractivity contribution in [1.29, 1.82) is 0 Å². The first-order chi connectivity index (χ1) is 7.82. The van der Waals surface area contributed by atoms with E-state index in [1.165, 1.54) is 5.56 Å². The summed E-state index contributed by atoms with van der Waals surface area (Å²) in [6.07, 6.45) is 0. The zero-order chi connectivity index (χ0) is 12.8. The van der Waals surface area contributed by atoms with Gasteiger partial charge < -0.3 is 4.74 Å². The summed E-state index contributed by atoms with van der Waals surface area (Å²) in [4.78, 5) is 0. The van der Waals surface area contributed by atoms with Crippen molar-refractivity contribution in [1.82, 2.24) is 0 Å². The predicted octanol–water partition coefficient (Wildman–Crippen LogP) is 4.66. The lowest BCUT2D eigenvalue weighted by molar-refractivity contribution is 0.414. The highest BCUT2D eigenvalue weighted by Gasteiger charge is 2.67. The van der Waals surface area contributed by atoms with Crippen molar-refractivity contribution in [3.05, 3.63) is 29.8 Å². The number of hydrogen-bond donors (Lipinski definition) is 0. The van der Waals surface area contributed by atoms with Crippen LogP contribution in [-0.2, 0) is 0 Å². The van der Waals surface area contributed by atoms with Crippen LogP contribution in [0.1, 0.15) is 38.6 Å². The maximum atomic E-state index is 6.63. The van der Waals surface area contributed by atoms with Gasteiger partial charge in [0.25, 0.3) is 0 Å². The molecule has 0 N–H and O–H groups in total. The van der Waals surface area contributed by atoms with Gasteiger partial charge >= 0.3 is 0 Å². The van der Waals surface area contributed by atoms with Crippen LogP contribution in [0.5, 0.6) is 5.75 Å². The van der Waals surface area contributed by atoms with E-state index in [1.54, 1.807) is 7.11 Å². The number of halogens is 1. The molecule has 2 heteroatoms. The average molecular weight is 253 g/mol. The van der Waals surface area contributed by atoms with Crippen LogP contribution in [0.15, 0.2) is 24.3 Å². The van der Waals surface area contributed by atoms with Crippen LogP contribution < -0.4 is 4.74 Å². The fraction of sp³-hybridized carbons (Fsp3) is 0.600. The second kappa shape index (κ2) is 3.91. The van der Waals surface area contributed by atoms with Crippen molar-refractivity contribution in [3.8, 4) is 5.75 Å².